The quantitative estimate of drug-likeness (QED) is 0.753. The normalized spacial score (nSPS) is 21.8. The smallest absolute Gasteiger partial charge is 0.228 e. The van der Waals surface area contributed by atoms with E-state index in [4.69, 9.17) is 0 Å². The van der Waals surface area contributed by atoms with Gasteiger partial charge in [-0.15, -0.1) is 0 Å². The van der Waals surface area contributed by atoms with Crippen molar-refractivity contribution in [3.8, 4) is 0 Å². The molecule has 6 heteroatoms. The Kier molecular flexibility index (Phi) is 5.25. The van der Waals surface area contributed by atoms with Crippen LogP contribution in [0.1, 0.15) is 23.6 Å². The molecule has 1 saturated carbocycles. The van der Waals surface area contributed by atoms with Crippen LogP contribution in [-0.2, 0) is 16.0 Å². The van der Waals surface area contributed by atoms with E-state index >= 15 is 0 Å². The van der Waals surface area contributed by atoms with E-state index < -0.39 is 0 Å². The van der Waals surface area contributed by atoms with Crippen molar-refractivity contribution in [1.29, 1.82) is 0 Å². The molecule has 1 aliphatic heterocycles. The van der Waals surface area contributed by atoms with E-state index in [0.29, 0.717) is 38.5 Å². The lowest BCUT2D eigenvalue weighted by Gasteiger charge is -2.35. The number of halogens is 1. The monoisotopic (exact) mass is 427 g/mol. The van der Waals surface area contributed by atoms with Gasteiger partial charge in [0.15, 0.2) is 0 Å². The predicted octanol–water partition coefficient (Wildman–Crippen LogP) is 2.86. The summed E-state index contributed by atoms with van der Waals surface area (Å²) in [5.74, 6) is 0.741. The molecule has 2 unspecified atom stereocenters. The molecule has 1 aliphatic carbocycles. The molecule has 140 valence electrons. The van der Waals surface area contributed by atoms with Crippen LogP contribution < -0.4 is 0 Å². The molecule has 1 aromatic heterocycles. The van der Waals surface area contributed by atoms with Crippen LogP contribution in [0, 0.1) is 5.92 Å². The number of pyridine rings is 1. The highest BCUT2D eigenvalue weighted by atomic mass is 79.9. The van der Waals surface area contributed by atoms with E-state index in [-0.39, 0.29) is 17.7 Å². The third kappa shape index (κ3) is 4.21. The van der Waals surface area contributed by atoms with Crippen LogP contribution in [0.3, 0.4) is 0 Å². The summed E-state index contributed by atoms with van der Waals surface area (Å²) in [6.45, 7) is 2.44. The van der Waals surface area contributed by atoms with Gasteiger partial charge in [0, 0.05) is 48.5 Å². The van der Waals surface area contributed by atoms with Gasteiger partial charge in [-0.05, 0) is 42.2 Å². The molecule has 0 bridgehead atoms. The van der Waals surface area contributed by atoms with Gasteiger partial charge in [-0.1, -0.05) is 34.1 Å². The van der Waals surface area contributed by atoms with E-state index in [0.717, 1.165) is 16.6 Å². The minimum Gasteiger partial charge on any atom is -0.339 e. The number of piperazine rings is 1. The molecular weight excluding hydrogens is 406 g/mol. The van der Waals surface area contributed by atoms with Crippen LogP contribution in [-0.4, -0.2) is 52.8 Å². The average Bonchev–Trinajstić information content (AvgIpc) is 3.49. The fourth-order valence-corrected chi connectivity index (χ4v) is 4.17. The number of hydrogen-bond donors (Lipinski definition) is 0. The van der Waals surface area contributed by atoms with Gasteiger partial charge >= 0.3 is 0 Å². The summed E-state index contributed by atoms with van der Waals surface area (Å²) >= 11 is 3.50. The van der Waals surface area contributed by atoms with Crippen LogP contribution >= 0.6 is 15.9 Å². The third-order valence-electron chi connectivity index (χ3n) is 5.39. The zero-order valence-electron chi connectivity index (χ0n) is 15.1. The second kappa shape index (κ2) is 7.80. The van der Waals surface area contributed by atoms with Crippen LogP contribution in [0.15, 0.2) is 53.1 Å². The molecule has 2 amide bonds. The Hall–Kier alpha value is -2.21. The molecule has 0 N–H and O–H groups in total. The summed E-state index contributed by atoms with van der Waals surface area (Å²) in [5.41, 5.74) is 2.02. The van der Waals surface area contributed by atoms with E-state index in [1.807, 2.05) is 40.1 Å². The molecule has 27 heavy (non-hydrogen) atoms. The molecule has 0 radical (unpaired) electrons. The lowest BCUT2D eigenvalue weighted by Crippen LogP contribution is -2.51. The van der Waals surface area contributed by atoms with Gasteiger partial charge in [0.25, 0.3) is 0 Å². The zero-order chi connectivity index (χ0) is 18.8. The van der Waals surface area contributed by atoms with Gasteiger partial charge in [0.1, 0.15) is 0 Å². The summed E-state index contributed by atoms with van der Waals surface area (Å²) < 4.78 is 1.05. The minimum absolute atomic E-state index is 0.0826. The topological polar surface area (TPSA) is 53.5 Å². The first kappa shape index (κ1) is 18.2. The number of hydrogen-bond acceptors (Lipinski definition) is 3. The summed E-state index contributed by atoms with van der Waals surface area (Å²) in [5, 5.41) is 0. The van der Waals surface area contributed by atoms with Crippen LogP contribution in [0.5, 0.6) is 0 Å². The van der Waals surface area contributed by atoms with Crippen molar-refractivity contribution in [3.63, 3.8) is 0 Å². The zero-order valence-corrected chi connectivity index (χ0v) is 16.6. The SMILES string of the molecule is O=C(Cc1ccccn1)N1CCN(C(=O)C2CC2c2cccc(Br)c2)CC1. The van der Waals surface area contributed by atoms with Crippen molar-refractivity contribution in [2.24, 2.45) is 5.92 Å². The Morgan fingerprint density at radius 1 is 1.04 bits per heavy atom. The number of nitrogens with zero attached hydrogens (tertiary/aromatic N) is 3. The molecule has 2 fully saturated rings. The van der Waals surface area contributed by atoms with E-state index in [1.54, 1.807) is 6.20 Å². The van der Waals surface area contributed by atoms with Crippen molar-refractivity contribution in [1.82, 2.24) is 14.8 Å². The summed E-state index contributed by atoms with van der Waals surface area (Å²) in [4.78, 5) is 33.2. The van der Waals surface area contributed by atoms with Gasteiger partial charge in [0.05, 0.1) is 6.42 Å². The highest BCUT2D eigenvalue weighted by molar-refractivity contribution is 9.10. The van der Waals surface area contributed by atoms with Gasteiger partial charge in [-0.25, -0.2) is 0 Å². The Labute approximate surface area is 167 Å². The average molecular weight is 428 g/mol. The largest absolute Gasteiger partial charge is 0.339 e. The molecule has 1 aromatic carbocycles. The van der Waals surface area contributed by atoms with Crippen molar-refractivity contribution >= 4 is 27.7 Å². The fourth-order valence-electron chi connectivity index (χ4n) is 3.75. The van der Waals surface area contributed by atoms with E-state index in [9.17, 15) is 9.59 Å². The van der Waals surface area contributed by atoms with Crippen molar-refractivity contribution < 1.29 is 9.59 Å². The predicted molar refractivity (Wildman–Crippen MR) is 106 cm³/mol. The van der Waals surface area contributed by atoms with Crippen molar-refractivity contribution in [3.05, 3.63) is 64.4 Å². The van der Waals surface area contributed by atoms with E-state index in [2.05, 4.69) is 33.0 Å². The molecule has 5 nitrogen and oxygen atoms in total. The Morgan fingerprint density at radius 3 is 2.52 bits per heavy atom. The lowest BCUT2D eigenvalue weighted by molar-refractivity contribution is -0.140. The standard InChI is InChI=1S/C21H22BrN3O2/c22-16-5-3-4-15(12-16)18-14-19(18)21(27)25-10-8-24(9-11-25)20(26)13-17-6-1-2-7-23-17/h1-7,12,18-19H,8-11,13-14H2. The second-order valence-electron chi connectivity index (χ2n) is 7.21. The molecule has 2 atom stereocenters. The summed E-state index contributed by atoms with van der Waals surface area (Å²) in [6.07, 6.45) is 2.95. The van der Waals surface area contributed by atoms with Crippen molar-refractivity contribution in [2.45, 2.75) is 18.8 Å². The van der Waals surface area contributed by atoms with Gasteiger partial charge in [-0.2, -0.15) is 0 Å². The number of amides is 2. The minimum atomic E-state index is 0.0826. The summed E-state index contributed by atoms with van der Waals surface area (Å²) in [6, 6.07) is 13.8. The fraction of sp³-hybridized carbons (Fsp3) is 0.381. The first-order chi connectivity index (χ1) is 13.1. The lowest BCUT2D eigenvalue weighted by atomic mass is 10.1. The van der Waals surface area contributed by atoms with Gasteiger partial charge in [-0.3, -0.25) is 14.6 Å². The molecule has 0 spiro atoms. The van der Waals surface area contributed by atoms with Gasteiger partial charge < -0.3 is 9.80 Å². The van der Waals surface area contributed by atoms with Crippen LogP contribution in [0.4, 0.5) is 0 Å². The van der Waals surface area contributed by atoms with Crippen molar-refractivity contribution in [2.75, 3.05) is 26.2 Å². The maximum atomic E-state index is 12.8. The van der Waals surface area contributed by atoms with Gasteiger partial charge in [0.2, 0.25) is 11.8 Å². The van der Waals surface area contributed by atoms with E-state index in [1.165, 1.54) is 5.56 Å². The first-order valence-electron chi connectivity index (χ1n) is 9.34. The first-order valence-corrected chi connectivity index (χ1v) is 10.1. The molecule has 4 rings (SSSR count). The number of carbonyl (C=O) groups excluding carboxylic acids is 2. The number of benzene rings is 1. The molecular formula is C21H22BrN3O2. The van der Waals surface area contributed by atoms with Crippen LogP contribution in [0.25, 0.3) is 0 Å². The number of carbonyl (C=O) groups is 2. The Balaban J connectivity index is 1.28. The third-order valence-corrected chi connectivity index (χ3v) is 5.88. The Bertz CT molecular complexity index is 834. The number of aromatic nitrogens is 1. The molecule has 2 heterocycles. The number of rotatable bonds is 4. The highest BCUT2D eigenvalue weighted by Crippen LogP contribution is 2.48. The van der Waals surface area contributed by atoms with Crippen LogP contribution in [0.2, 0.25) is 0 Å². The molecule has 2 aliphatic rings. The maximum absolute atomic E-state index is 12.8. The maximum Gasteiger partial charge on any atom is 0.228 e. The summed E-state index contributed by atoms with van der Waals surface area (Å²) in [7, 11) is 0. The Morgan fingerprint density at radius 2 is 1.81 bits per heavy atom. The second-order valence-corrected chi connectivity index (χ2v) is 8.12. The molecule has 1 saturated heterocycles. The highest BCUT2D eigenvalue weighted by Gasteiger charge is 2.46. The molecule has 2 aromatic rings.